The molecule has 0 aliphatic carbocycles. The summed E-state index contributed by atoms with van der Waals surface area (Å²) in [6.07, 6.45) is 2.55. The quantitative estimate of drug-likeness (QED) is 0.495. The van der Waals surface area contributed by atoms with Crippen LogP contribution in [0.4, 0.5) is 0 Å². The van der Waals surface area contributed by atoms with Crippen LogP contribution in [0.3, 0.4) is 0 Å². The second kappa shape index (κ2) is 7.72. The minimum Gasteiger partial charge on any atom is -0.279 e. The Labute approximate surface area is 172 Å². The van der Waals surface area contributed by atoms with Crippen molar-refractivity contribution < 1.29 is 9.59 Å². The van der Waals surface area contributed by atoms with E-state index in [-0.39, 0.29) is 17.0 Å². The number of hydrogen-bond acceptors (Lipinski definition) is 6. The first-order valence-corrected chi connectivity index (χ1v) is 9.45. The Morgan fingerprint density at radius 2 is 1.90 bits per heavy atom. The fourth-order valence-electron chi connectivity index (χ4n) is 3.47. The third-order valence-corrected chi connectivity index (χ3v) is 5.06. The Morgan fingerprint density at radius 1 is 1.13 bits per heavy atom. The highest BCUT2D eigenvalue weighted by Gasteiger charge is 2.40. The van der Waals surface area contributed by atoms with Gasteiger partial charge < -0.3 is 0 Å². The van der Waals surface area contributed by atoms with Crippen molar-refractivity contribution in [1.82, 2.24) is 19.7 Å². The molecule has 0 N–H and O–H groups in total. The summed E-state index contributed by atoms with van der Waals surface area (Å²) >= 11 is 0. The van der Waals surface area contributed by atoms with Gasteiger partial charge in [0, 0.05) is 7.05 Å². The maximum absolute atomic E-state index is 12.9. The number of nitriles is 1. The molecule has 0 fully saturated rings. The molecule has 0 spiro atoms. The van der Waals surface area contributed by atoms with Gasteiger partial charge in [0.1, 0.15) is 5.92 Å². The van der Waals surface area contributed by atoms with Crippen LogP contribution in [-0.4, -0.2) is 38.5 Å². The fraction of sp³-hybridized carbons (Fsp3) is 0.182. The van der Waals surface area contributed by atoms with Crippen LogP contribution in [-0.2, 0) is 11.2 Å². The number of likely N-dealkylation sites (N-methyl/N-ethyl adjacent to an activating group) is 1. The molecule has 1 atom stereocenters. The molecule has 0 saturated carbocycles. The van der Waals surface area contributed by atoms with Crippen LogP contribution in [0.1, 0.15) is 40.2 Å². The number of fused-ring (bicyclic) bond motifs is 1. The van der Waals surface area contributed by atoms with Crippen molar-refractivity contribution in [3.05, 3.63) is 82.7 Å². The number of aryl methyl sites for hydroxylation is 1. The molecule has 1 unspecified atom stereocenters. The summed E-state index contributed by atoms with van der Waals surface area (Å²) in [6, 6.07) is 16.6. The van der Waals surface area contributed by atoms with Gasteiger partial charge in [-0.1, -0.05) is 49.4 Å². The highest BCUT2D eigenvalue weighted by Crippen LogP contribution is 2.31. The van der Waals surface area contributed by atoms with Crippen molar-refractivity contribution in [2.45, 2.75) is 19.3 Å². The molecule has 8 heteroatoms. The number of hydrogen-bond donors (Lipinski definition) is 0. The van der Waals surface area contributed by atoms with Gasteiger partial charge in [0.2, 0.25) is 12.1 Å². The Bertz CT molecular complexity index is 1260. The van der Waals surface area contributed by atoms with Crippen LogP contribution in [0.5, 0.6) is 0 Å². The normalized spacial score (nSPS) is 16.4. The molecule has 0 radical (unpaired) electrons. The molecule has 2 amide bonds. The van der Waals surface area contributed by atoms with Gasteiger partial charge in [0.25, 0.3) is 11.5 Å². The van der Waals surface area contributed by atoms with Gasteiger partial charge >= 0.3 is 0 Å². The van der Waals surface area contributed by atoms with Gasteiger partial charge in [-0.25, -0.2) is 4.98 Å². The second-order valence-electron chi connectivity index (χ2n) is 6.84. The zero-order chi connectivity index (χ0) is 21.3. The lowest BCUT2D eigenvalue weighted by molar-refractivity contribution is -0.128. The number of benzene rings is 2. The third-order valence-electron chi connectivity index (χ3n) is 5.06. The molecule has 1 aliphatic rings. The standard InChI is InChI=1S/C22H18N6O2/c1-3-14-8-7-11-16(12-14)28-22(24-13-23)25-18-17(15-9-5-4-6-10-15)20(29)27(2)21(30)19(18)26-28/h4-12,17H,3H2,1-2H3. The average molecular weight is 398 g/mol. The van der Waals surface area contributed by atoms with Crippen LogP contribution in [0.25, 0.3) is 5.69 Å². The topological polar surface area (TPSA) is 104 Å². The summed E-state index contributed by atoms with van der Waals surface area (Å²) in [7, 11) is 1.43. The van der Waals surface area contributed by atoms with Crippen LogP contribution in [0, 0.1) is 11.5 Å². The van der Waals surface area contributed by atoms with Crippen molar-refractivity contribution in [2.24, 2.45) is 4.99 Å². The lowest BCUT2D eigenvalue weighted by Crippen LogP contribution is -2.46. The summed E-state index contributed by atoms with van der Waals surface area (Å²) in [5, 5.41) is 13.7. The Balaban J connectivity index is 2.01. The van der Waals surface area contributed by atoms with E-state index >= 15 is 0 Å². The molecule has 0 saturated heterocycles. The molecule has 2 heterocycles. The molecule has 148 valence electrons. The maximum Gasteiger partial charge on any atom is 0.282 e. The predicted octanol–water partition coefficient (Wildman–Crippen LogP) is 1.96. The number of carbonyl (C=O) groups is 2. The molecule has 30 heavy (non-hydrogen) atoms. The van der Waals surface area contributed by atoms with E-state index in [1.807, 2.05) is 43.3 Å². The summed E-state index contributed by atoms with van der Waals surface area (Å²) < 4.78 is 1.37. The Hall–Kier alpha value is -4.12. The first-order chi connectivity index (χ1) is 14.5. The summed E-state index contributed by atoms with van der Waals surface area (Å²) in [4.78, 5) is 35.1. The van der Waals surface area contributed by atoms with Crippen molar-refractivity contribution in [2.75, 3.05) is 7.05 Å². The number of carbonyl (C=O) groups excluding carboxylic acids is 2. The third kappa shape index (κ3) is 3.16. The van der Waals surface area contributed by atoms with Crippen molar-refractivity contribution >= 4 is 11.8 Å². The van der Waals surface area contributed by atoms with Gasteiger partial charge in [-0.3, -0.25) is 14.5 Å². The van der Waals surface area contributed by atoms with Gasteiger partial charge in [-0.2, -0.15) is 15.0 Å². The highest BCUT2D eigenvalue weighted by atomic mass is 16.2. The van der Waals surface area contributed by atoms with Gasteiger partial charge in [-0.05, 0) is 29.7 Å². The van der Waals surface area contributed by atoms with Crippen LogP contribution in [0.15, 0.2) is 59.6 Å². The van der Waals surface area contributed by atoms with Crippen molar-refractivity contribution in [3.63, 3.8) is 0 Å². The largest absolute Gasteiger partial charge is 0.282 e. The lowest BCUT2D eigenvalue weighted by Gasteiger charge is -2.29. The highest BCUT2D eigenvalue weighted by molar-refractivity contribution is 6.10. The number of aromatic nitrogens is 3. The first-order valence-electron chi connectivity index (χ1n) is 9.45. The summed E-state index contributed by atoms with van der Waals surface area (Å²) in [6.45, 7) is 2.03. The van der Waals surface area contributed by atoms with Crippen LogP contribution >= 0.6 is 0 Å². The van der Waals surface area contributed by atoms with Gasteiger partial charge in [0.15, 0.2) is 5.69 Å². The molecule has 8 nitrogen and oxygen atoms in total. The SMILES string of the molecule is CCc1cccc(-n2nc3c(nc2=NC#N)C(c2ccccc2)C(=O)N(C)C3=O)c1. The number of amides is 2. The van der Waals surface area contributed by atoms with Crippen LogP contribution in [0.2, 0.25) is 0 Å². The molecule has 2 aromatic carbocycles. The second-order valence-corrected chi connectivity index (χ2v) is 6.84. The van der Waals surface area contributed by atoms with Crippen molar-refractivity contribution in [1.29, 1.82) is 5.26 Å². The van der Waals surface area contributed by atoms with Gasteiger partial charge in [-0.15, -0.1) is 4.99 Å². The predicted molar refractivity (Wildman–Crippen MR) is 107 cm³/mol. The van der Waals surface area contributed by atoms with E-state index in [2.05, 4.69) is 15.1 Å². The smallest absolute Gasteiger partial charge is 0.279 e. The van der Waals surface area contributed by atoms with Crippen molar-refractivity contribution in [3.8, 4) is 11.9 Å². The maximum atomic E-state index is 12.9. The molecule has 0 bridgehead atoms. The van der Waals surface area contributed by atoms with E-state index in [0.717, 1.165) is 16.9 Å². The van der Waals surface area contributed by atoms with Crippen LogP contribution < -0.4 is 5.62 Å². The Kier molecular flexibility index (Phi) is 4.94. The summed E-state index contributed by atoms with van der Waals surface area (Å²) in [5.74, 6) is -1.75. The van der Waals surface area contributed by atoms with E-state index in [0.29, 0.717) is 11.3 Å². The summed E-state index contributed by atoms with van der Waals surface area (Å²) in [5.41, 5.74) is 2.64. The zero-order valence-electron chi connectivity index (χ0n) is 16.5. The molecule has 1 aliphatic heterocycles. The van der Waals surface area contributed by atoms with E-state index in [1.54, 1.807) is 24.4 Å². The van der Waals surface area contributed by atoms with E-state index < -0.39 is 17.7 Å². The molecule has 1 aromatic heterocycles. The molecular formula is C22H18N6O2. The minimum absolute atomic E-state index is 0.00980. The van der Waals surface area contributed by atoms with E-state index in [9.17, 15) is 14.9 Å². The number of nitrogens with zero attached hydrogens (tertiary/aromatic N) is 6. The monoisotopic (exact) mass is 398 g/mol. The number of imide groups is 1. The molecule has 4 rings (SSSR count). The average Bonchev–Trinajstić information content (AvgIpc) is 2.78. The van der Waals surface area contributed by atoms with E-state index in [1.165, 1.54) is 11.7 Å². The minimum atomic E-state index is -0.805. The first kappa shape index (κ1) is 19.2. The fourth-order valence-corrected chi connectivity index (χ4v) is 3.47. The number of rotatable bonds is 3. The van der Waals surface area contributed by atoms with E-state index in [4.69, 9.17) is 0 Å². The lowest BCUT2D eigenvalue weighted by atomic mass is 9.90. The zero-order valence-corrected chi connectivity index (χ0v) is 16.5. The molecule has 3 aromatic rings. The van der Waals surface area contributed by atoms with Gasteiger partial charge in [0.05, 0.1) is 11.4 Å². The Morgan fingerprint density at radius 3 is 2.60 bits per heavy atom. The molecular weight excluding hydrogens is 380 g/mol.